The van der Waals surface area contributed by atoms with Crippen LogP contribution in [-0.4, -0.2) is 46.0 Å². The number of carbonyl (C=O) groups excluding carboxylic acids is 1. The van der Waals surface area contributed by atoms with E-state index in [1.165, 1.54) is 11.0 Å². The quantitative estimate of drug-likeness (QED) is 0.699. The molecule has 9 heteroatoms. The van der Waals surface area contributed by atoms with Gasteiger partial charge in [-0.1, -0.05) is 0 Å². The smallest absolute Gasteiger partial charge is 0.388 e. The highest BCUT2D eigenvalue weighted by Gasteiger charge is 2.15. The van der Waals surface area contributed by atoms with Gasteiger partial charge in [0.1, 0.15) is 12.4 Å². The number of ether oxygens (including phenoxy) is 1. The number of fused-ring (bicyclic) bond motifs is 1. The van der Waals surface area contributed by atoms with E-state index < -0.39 is 6.61 Å². The van der Waals surface area contributed by atoms with E-state index >= 15 is 0 Å². The standard InChI is InChI=1S/C19H21F2N5O2/c1-11-9-15(28-19(20)21)23-12(2)17(11)24-18-13-6-8-26(10-16(27)25(3)4)14(13)5-7-22-18/h5-9,19H,10H2,1-4H3,(H,22,24). The van der Waals surface area contributed by atoms with Gasteiger partial charge in [0.2, 0.25) is 11.8 Å². The van der Waals surface area contributed by atoms with E-state index in [4.69, 9.17) is 0 Å². The van der Waals surface area contributed by atoms with Gasteiger partial charge in [-0.2, -0.15) is 8.78 Å². The molecule has 0 aromatic carbocycles. The Morgan fingerprint density at radius 1 is 1.32 bits per heavy atom. The molecule has 0 spiro atoms. The van der Waals surface area contributed by atoms with Crippen LogP contribution in [0.2, 0.25) is 0 Å². The van der Waals surface area contributed by atoms with E-state index in [1.54, 1.807) is 34.1 Å². The zero-order valence-electron chi connectivity index (χ0n) is 16.0. The highest BCUT2D eigenvalue weighted by Crippen LogP contribution is 2.30. The molecular weight excluding hydrogens is 368 g/mol. The third-order valence-corrected chi connectivity index (χ3v) is 4.33. The van der Waals surface area contributed by atoms with Gasteiger partial charge < -0.3 is 19.5 Å². The number of aromatic nitrogens is 3. The fourth-order valence-electron chi connectivity index (χ4n) is 2.90. The molecule has 0 fully saturated rings. The normalized spacial score (nSPS) is 11.1. The van der Waals surface area contributed by atoms with Crippen LogP contribution in [-0.2, 0) is 11.3 Å². The van der Waals surface area contributed by atoms with Gasteiger partial charge in [0.15, 0.2) is 0 Å². The summed E-state index contributed by atoms with van der Waals surface area (Å²) in [6.07, 6.45) is 3.48. The van der Waals surface area contributed by atoms with Crippen LogP contribution >= 0.6 is 0 Å². The Morgan fingerprint density at radius 3 is 2.71 bits per heavy atom. The second-order valence-electron chi connectivity index (χ2n) is 6.57. The van der Waals surface area contributed by atoms with Gasteiger partial charge in [0.05, 0.1) is 16.9 Å². The molecule has 7 nitrogen and oxygen atoms in total. The summed E-state index contributed by atoms with van der Waals surface area (Å²) in [4.78, 5) is 22.0. The number of alkyl halides is 2. The predicted molar refractivity (Wildman–Crippen MR) is 102 cm³/mol. The number of likely N-dealkylation sites (N-methyl/N-ethyl adjacent to an activating group) is 1. The molecule has 3 aromatic rings. The summed E-state index contributed by atoms with van der Waals surface area (Å²) in [5, 5.41) is 4.06. The molecule has 0 unspecified atom stereocenters. The first-order valence-corrected chi connectivity index (χ1v) is 8.60. The predicted octanol–water partition coefficient (Wildman–Crippen LogP) is 3.48. The number of halogens is 2. The largest absolute Gasteiger partial charge is 0.417 e. The van der Waals surface area contributed by atoms with Gasteiger partial charge >= 0.3 is 6.61 Å². The lowest BCUT2D eigenvalue weighted by molar-refractivity contribution is -0.129. The van der Waals surface area contributed by atoms with Crippen molar-refractivity contribution in [2.45, 2.75) is 27.0 Å². The van der Waals surface area contributed by atoms with Crippen molar-refractivity contribution in [2.75, 3.05) is 19.4 Å². The molecule has 1 amide bonds. The third kappa shape index (κ3) is 4.03. The summed E-state index contributed by atoms with van der Waals surface area (Å²) in [6.45, 7) is 0.773. The minimum Gasteiger partial charge on any atom is -0.417 e. The summed E-state index contributed by atoms with van der Waals surface area (Å²) in [7, 11) is 3.42. The maximum absolute atomic E-state index is 12.4. The molecule has 148 valence electrons. The fourth-order valence-corrected chi connectivity index (χ4v) is 2.90. The monoisotopic (exact) mass is 389 g/mol. The molecule has 0 saturated carbocycles. The van der Waals surface area contributed by atoms with Crippen LogP contribution in [0.25, 0.3) is 10.9 Å². The fraction of sp³-hybridized carbons (Fsp3) is 0.316. The number of aryl methyl sites for hydroxylation is 2. The van der Waals surface area contributed by atoms with Crippen molar-refractivity contribution < 1.29 is 18.3 Å². The van der Waals surface area contributed by atoms with Crippen molar-refractivity contribution in [1.29, 1.82) is 0 Å². The number of rotatable bonds is 6. The van der Waals surface area contributed by atoms with Gasteiger partial charge in [0, 0.05) is 37.9 Å². The van der Waals surface area contributed by atoms with Crippen LogP contribution in [0, 0.1) is 13.8 Å². The van der Waals surface area contributed by atoms with E-state index in [9.17, 15) is 13.6 Å². The zero-order valence-corrected chi connectivity index (χ0v) is 16.0. The number of nitrogens with one attached hydrogen (secondary N) is 1. The van der Waals surface area contributed by atoms with Crippen molar-refractivity contribution in [3.05, 3.63) is 41.9 Å². The molecule has 0 aliphatic heterocycles. The summed E-state index contributed by atoms with van der Waals surface area (Å²) >= 11 is 0. The Bertz CT molecular complexity index is 994. The Morgan fingerprint density at radius 2 is 2.07 bits per heavy atom. The van der Waals surface area contributed by atoms with Crippen LogP contribution < -0.4 is 10.1 Å². The maximum atomic E-state index is 12.4. The highest BCUT2D eigenvalue weighted by molar-refractivity contribution is 5.93. The third-order valence-electron chi connectivity index (χ3n) is 4.33. The first-order chi connectivity index (χ1) is 13.3. The SMILES string of the molecule is Cc1cc(OC(F)F)nc(C)c1Nc1nccc2c1ccn2CC(=O)N(C)C. The minimum atomic E-state index is -2.93. The number of carbonyl (C=O) groups is 1. The molecule has 3 aromatic heterocycles. The Hall–Kier alpha value is -3.23. The lowest BCUT2D eigenvalue weighted by atomic mass is 10.2. The van der Waals surface area contributed by atoms with Gasteiger partial charge in [-0.15, -0.1) is 0 Å². The molecule has 0 aliphatic carbocycles. The molecular formula is C19H21F2N5O2. The van der Waals surface area contributed by atoms with Gasteiger partial charge in [0.25, 0.3) is 0 Å². The van der Waals surface area contributed by atoms with Gasteiger partial charge in [-0.3, -0.25) is 4.79 Å². The van der Waals surface area contributed by atoms with Crippen LogP contribution in [0.4, 0.5) is 20.3 Å². The topological polar surface area (TPSA) is 72.3 Å². The van der Waals surface area contributed by atoms with Gasteiger partial charge in [-0.05, 0) is 31.5 Å². The Labute approximate surface area is 160 Å². The van der Waals surface area contributed by atoms with Crippen LogP contribution in [0.3, 0.4) is 0 Å². The number of pyridine rings is 2. The molecule has 3 heterocycles. The van der Waals surface area contributed by atoms with Crippen molar-refractivity contribution in [3.63, 3.8) is 0 Å². The molecule has 0 saturated heterocycles. The Kier molecular flexibility index (Phi) is 5.43. The van der Waals surface area contributed by atoms with Crippen molar-refractivity contribution in [1.82, 2.24) is 19.4 Å². The highest BCUT2D eigenvalue weighted by atomic mass is 19.3. The molecule has 0 radical (unpaired) electrons. The van der Waals surface area contributed by atoms with E-state index in [-0.39, 0.29) is 18.3 Å². The van der Waals surface area contributed by atoms with Crippen LogP contribution in [0.15, 0.2) is 30.6 Å². The van der Waals surface area contributed by atoms with Crippen LogP contribution in [0.1, 0.15) is 11.3 Å². The minimum absolute atomic E-state index is 0.0191. The van der Waals surface area contributed by atoms with Gasteiger partial charge in [-0.25, -0.2) is 9.97 Å². The lowest BCUT2D eigenvalue weighted by Crippen LogP contribution is -2.25. The second kappa shape index (κ2) is 7.79. The number of hydrogen-bond acceptors (Lipinski definition) is 5. The molecule has 0 aliphatic rings. The number of anilines is 2. The summed E-state index contributed by atoms with van der Waals surface area (Å²) < 4.78 is 31.1. The summed E-state index contributed by atoms with van der Waals surface area (Å²) in [6, 6.07) is 5.16. The summed E-state index contributed by atoms with van der Waals surface area (Å²) in [5.41, 5.74) is 2.73. The van der Waals surface area contributed by atoms with Crippen molar-refractivity contribution in [2.24, 2.45) is 0 Å². The Balaban J connectivity index is 1.93. The summed E-state index contributed by atoms with van der Waals surface area (Å²) in [5.74, 6) is 0.438. The molecule has 1 N–H and O–H groups in total. The van der Waals surface area contributed by atoms with Crippen molar-refractivity contribution >= 4 is 28.3 Å². The average molecular weight is 389 g/mol. The number of amides is 1. The molecule has 28 heavy (non-hydrogen) atoms. The first-order valence-electron chi connectivity index (χ1n) is 8.60. The molecule has 0 bridgehead atoms. The second-order valence-corrected chi connectivity index (χ2v) is 6.57. The van der Waals surface area contributed by atoms with Crippen molar-refractivity contribution in [3.8, 4) is 5.88 Å². The van der Waals surface area contributed by atoms with Crippen LogP contribution in [0.5, 0.6) is 5.88 Å². The van der Waals surface area contributed by atoms with E-state index in [0.717, 1.165) is 10.9 Å². The number of nitrogens with zero attached hydrogens (tertiary/aromatic N) is 4. The lowest BCUT2D eigenvalue weighted by Gasteiger charge is -2.15. The maximum Gasteiger partial charge on any atom is 0.388 e. The molecule has 3 rings (SSSR count). The van der Waals surface area contributed by atoms with E-state index in [0.29, 0.717) is 22.8 Å². The number of hydrogen-bond donors (Lipinski definition) is 1. The average Bonchev–Trinajstić information content (AvgIpc) is 3.01. The zero-order chi connectivity index (χ0) is 20.4. The molecule has 0 atom stereocenters. The van der Waals surface area contributed by atoms with E-state index in [1.807, 2.05) is 22.9 Å². The first kappa shape index (κ1) is 19.5. The van der Waals surface area contributed by atoms with E-state index in [2.05, 4.69) is 20.0 Å².